The number of aliphatic imine (C=N–C) groups is 1. The van der Waals surface area contributed by atoms with Crippen LogP contribution < -0.4 is 9.64 Å². The number of carbonyl (C=O) groups excluding carboxylic acids is 1. The maximum atomic E-state index is 13.6. The maximum absolute atomic E-state index is 13.6. The standard InChI is InChI=1S/C30H28N4O2S/c1-32(2)24-13-15-25(16-14-24)33-19-7-10-26(33)20-28-29(35)34(21-22-11-17-27(36-3)18-12-22)30(37-28)31-23-8-5-4-6-9-23/h4-20H,21H2,1-3H3/b28-20-,31-30?. The number of nitrogens with zero attached hydrogens (tertiary/aromatic N) is 4. The summed E-state index contributed by atoms with van der Waals surface area (Å²) in [6.07, 6.45) is 3.95. The van der Waals surface area contributed by atoms with Crippen LogP contribution in [-0.4, -0.2) is 41.7 Å². The minimum absolute atomic E-state index is 0.0637. The first kappa shape index (κ1) is 24.5. The lowest BCUT2D eigenvalue weighted by Gasteiger charge is -2.16. The first-order valence-electron chi connectivity index (χ1n) is 11.9. The van der Waals surface area contributed by atoms with Gasteiger partial charge in [-0.3, -0.25) is 9.69 Å². The molecule has 1 aromatic heterocycles. The van der Waals surface area contributed by atoms with Gasteiger partial charge in [0.2, 0.25) is 0 Å². The van der Waals surface area contributed by atoms with Gasteiger partial charge in [0.1, 0.15) is 5.75 Å². The van der Waals surface area contributed by atoms with E-state index in [2.05, 4.69) is 33.7 Å². The smallest absolute Gasteiger partial charge is 0.267 e. The van der Waals surface area contributed by atoms with E-state index >= 15 is 0 Å². The summed E-state index contributed by atoms with van der Waals surface area (Å²) in [7, 11) is 5.69. The molecular formula is C30H28N4O2S. The summed E-state index contributed by atoms with van der Waals surface area (Å²) < 4.78 is 7.36. The Balaban J connectivity index is 1.47. The quantitative estimate of drug-likeness (QED) is 0.273. The van der Waals surface area contributed by atoms with Crippen molar-refractivity contribution in [2.45, 2.75) is 6.54 Å². The second-order valence-electron chi connectivity index (χ2n) is 8.79. The number of thioether (sulfide) groups is 1. The van der Waals surface area contributed by atoms with Crippen LogP contribution in [0.25, 0.3) is 11.8 Å². The van der Waals surface area contributed by atoms with Crippen LogP contribution in [0, 0.1) is 0 Å². The third-order valence-electron chi connectivity index (χ3n) is 6.07. The highest BCUT2D eigenvalue weighted by Crippen LogP contribution is 2.35. The predicted molar refractivity (Wildman–Crippen MR) is 153 cm³/mol. The molecule has 1 amide bonds. The third kappa shape index (κ3) is 5.47. The van der Waals surface area contributed by atoms with Gasteiger partial charge < -0.3 is 14.2 Å². The van der Waals surface area contributed by atoms with Gasteiger partial charge in [0.05, 0.1) is 24.2 Å². The second-order valence-corrected chi connectivity index (χ2v) is 9.80. The first-order chi connectivity index (χ1) is 18.0. The molecule has 5 rings (SSSR count). The Bertz CT molecular complexity index is 1440. The minimum Gasteiger partial charge on any atom is -0.497 e. The lowest BCUT2D eigenvalue weighted by atomic mass is 10.2. The molecule has 0 saturated carbocycles. The van der Waals surface area contributed by atoms with Gasteiger partial charge in [-0.15, -0.1) is 0 Å². The van der Waals surface area contributed by atoms with E-state index in [1.54, 1.807) is 12.0 Å². The topological polar surface area (TPSA) is 50.1 Å². The van der Waals surface area contributed by atoms with Crippen molar-refractivity contribution in [2.75, 3.05) is 26.1 Å². The molecule has 0 aliphatic carbocycles. The van der Waals surface area contributed by atoms with Crippen LogP contribution in [0.4, 0.5) is 11.4 Å². The van der Waals surface area contributed by atoms with Gasteiger partial charge in [-0.25, -0.2) is 4.99 Å². The summed E-state index contributed by atoms with van der Waals surface area (Å²) in [6.45, 7) is 0.422. The van der Waals surface area contributed by atoms with E-state index in [1.807, 2.05) is 93.1 Å². The van der Waals surface area contributed by atoms with Crippen molar-refractivity contribution in [3.8, 4) is 11.4 Å². The van der Waals surface area contributed by atoms with Crippen molar-refractivity contribution < 1.29 is 9.53 Å². The number of benzene rings is 3. The second kappa shape index (κ2) is 10.8. The monoisotopic (exact) mass is 508 g/mol. The first-order valence-corrected chi connectivity index (χ1v) is 12.8. The Morgan fingerprint density at radius 1 is 0.919 bits per heavy atom. The van der Waals surface area contributed by atoms with Crippen molar-refractivity contribution in [3.05, 3.63) is 113 Å². The zero-order valence-electron chi connectivity index (χ0n) is 21.0. The van der Waals surface area contributed by atoms with Crippen LogP contribution in [-0.2, 0) is 11.3 Å². The number of para-hydroxylation sites is 1. The van der Waals surface area contributed by atoms with Crippen molar-refractivity contribution in [1.82, 2.24) is 9.47 Å². The fourth-order valence-electron chi connectivity index (χ4n) is 4.05. The van der Waals surface area contributed by atoms with E-state index in [0.717, 1.165) is 34.1 Å². The molecule has 1 aliphatic rings. The van der Waals surface area contributed by atoms with Gasteiger partial charge in [-0.2, -0.15) is 0 Å². The molecule has 6 nitrogen and oxygen atoms in total. The van der Waals surface area contributed by atoms with Gasteiger partial charge in [-0.1, -0.05) is 30.3 Å². The molecule has 7 heteroatoms. The third-order valence-corrected chi connectivity index (χ3v) is 7.08. The number of methoxy groups -OCH3 is 1. The summed E-state index contributed by atoms with van der Waals surface area (Å²) >= 11 is 1.40. The SMILES string of the molecule is COc1ccc(CN2C(=O)/C(=C/c3cccn3-c3ccc(N(C)C)cc3)SC2=Nc2ccccc2)cc1. The molecule has 0 atom stereocenters. The summed E-state index contributed by atoms with van der Waals surface area (Å²) in [5, 5.41) is 0.659. The summed E-state index contributed by atoms with van der Waals surface area (Å²) in [4.78, 5) is 22.9. The highest BCUT2D eigenvalue weighted by molar-refractivity contribution is 8.18. The highest BCUT2D eigenvalue weighted by Gasteiger charge is 2.33. The number of rotatable bonds is 7. The van der Waals surface area contributed by atoms with Crippen LogP contribution in [0.2, 0.25) is 0 Å². The van der Waals surface area contributed by atoms with E-state index < -0.39 is 0 Å². The van der Waals surface area contributed by atoms with E-state index in [0.29, 0.717) is 16.6 Å². The molecule has 186 valence electrons. The van der Waals surface area contributed by atoms with E-state index in [4.69, 9.17) is 9.73 Å². The Kier molecular flexibility index (Phi) is 7.14. The number of hydrogen-bond acceptors (Lipinski definition) is 5. The predicted octanol–water partition coefficient (Wildman–Crippen LogP) is 6.36. The van der Waals surface area contributed by atoms with Crippen LogP contribution >= 0.6 is 11.8 Å². The van der Waals surface area contributed by atoms with Crippen molar-refractivity contribution in [2.24, 2.45) is 4.99 Å². The van der Waals surface area contributed by atoms with Gasteiger partial charge in [0.25, 0.3) is 5.91 Å². The molecule has 3 aromatic carbocycles. The number of hydrogen-bond donors (Lipinski definition) is 0. The average molecular weight is 509 g/mol. The van der Waals surface area contributed by atoms with Crippen LogP contribution in [0.3, 0.4) is 0 Å². The summed E-state index contributed by atoms with van der Waals surface area (Å²) in [5.74, 6) is 0.718. The molecule has 0 bridgehead atoms. The molecule has 1 saturated heterocycles. The number of carbonyl (C=O) groups is 1. The van der Waals surface area contributed by atoms with E-state index in [9.17, 15) is 4.79 Å². The minimum atomic E-state index is -0.0637. The van der Waals surface area contributed by atoms with Crippen LogP contribution in [0.5, 0.6) is 5.75 Å². The molecule has 2 heterocycles. The van der Waals surface area contributed by atoms with Gasteiger partial charge in [0.15, 0.2) is 5.17 Å². The molecule has 1 aliphatic heterocycles. The van der Waals surface area contributed by atoms with Crippen LogP contribution in [0.15, 0.2) is 107 Å². The summed E-state index contributed by atoms with van der Waals surface area (Å²) in [5.41, 5.74) is 4.91. The number of ether oxygens (including phenoxy) is 1. The molecular weight excluding hydrogens is 480 g/mol. The zero-order valence-corrected chi connectivity index (χ0v) is 21.9. The van der Waals surface area contributed by atoms with Gasteiger partial charge in [-0.05, 0) is 84.1 Å². The number of aromatic nitrogens is 1. The molecule has 0 N–H and O–H groups in total. The average Bonchev–Trinajstić information content (AvgIpc) is 3.50. The molecule has 37 heavy (non-hydrogen) atoms. The normalized spacial score (nSPS) is 15.5. The number of anilines is 1. The van der Waals surface area contributed by atoms with Crippen molar-refractivity contribution in [3.63, 3.8) is 0 Å². The van der Waals surface area contributed by atoms with Gasteiger partial charge >= 0.3 is 0 Å². The molecule has 0 radical (unpaired) electrons. The highest BCUT2D eigenvalue weighted by atomic mass is 32.2. The van der Waals surface area contributed by atoms with Crippen molar-refractivity contribution >= 4 is 40.3 Å². The van der Waals surface area contributed by atoms with E-state index in [1.165, 1.54) is 11.8 Å². The van der Waals surface area contributed by atoms with Crippen LogP contribution in [0.1, 0.15) is 11.3 Å². The molecule has 4 aromatic rings. The zero-order chi connectivity index (χ0) is 25.8. The molecule has 0 unspecified atom stereocenters. The Labute approximate surface area is 221 Å². The largest absolute Gasteiger partial charge is 0.497 e. The van der Waals surface area contributed by atoms with Gasteiger partial charge in [0, 0.05) is 37.4 Å². The Morgan fingerprint density at radius 3 is 2.32 bits per heavy atom. The lowest BCUT2D eigenvalue weighted by molar-refractivity contribution is -0.122. The summed E-state index contributed by atoms with van der Waals surface area (Å²) in [6, 6.07) is 29.8. The lowest BCUT2D eigenvalue weighted by Crippen LogP contribution is -2.28. The fourth-order valence-corrected chi connectivity index (χ4v) is 5.03. The van der Waals surface area contributed by atoms with E-state index in [-0.39, 0.29) is 5.91 Å². The maximum Gasteiger partial charge on any atom is 0.267 e. The molecule has 0 spiro atoms. The Hall–Kier alpha value is -4.23. The number of amidine groups is 1. The fraction of sp³-hybridized carbons (Fsp3) is 0.133. The molecule has 1 fully saturated rings. The Morgan fingerprint density at radius 2 is 1.65 bits per heavy atom. The van der Waals surface area contributed by atoms with Crippen molar-refractivity contribution in [1.29, 1.82) is 0 Å². The number of amides is 1.